The maximum atomic E-state index is 12.3. The van der Waals surface area contributed by atoms with E-state index >= 15 is 0 Å². The molecular formula is C15H15ClN2O4. The highest BCUT2D eigenvalue weighted by Crippen LogP contribution is 2.28. The van der Waals surface area contributed by atoms with E-state index in [1.54, 1.807) is 30.3 Å². The Labute approximate surface area is 133 Å². The van der Waals surface area contributed by atoms with Gasteiger partial charge in [-0.2, -0.15) is 4.98 Å². The number of aromatic nitrogens is 1. The van der Waals surface area contributed by atoms with Crippen molar-refractivity contribution >= 4 is 23.2 Å². The number of carbonyl (C=O) groups excluding carboxylic acids is 1. The minimum Gasteiger partial charge on any atom is -0.495 e. The van der Waals surface area contributed by atoms with Crippen molar-refractivity contribution < 1.29 is 19.0 Å². The second-order valence-corrected chi connectivity index (χ2v) is 4.62. The summed E-state index contributed by atoms with van der Waals surface area (Å²) in [5, 5.41) is 3.13. The molecule has 1 amide bonds. The van der Waals surface area contributed by atoms with Crippen LogP contribution in [-0.4, -0.2) is 32.2 Å². The molecule has 1 heterocycles. The van der Waals surface area contributed by atoms with Crippen molar-refractivity contribution in [2.24, 2.45) is 0 Å². The quantitative estimate of drug-likeness (QED) is 0.916. The lowest BCUT2D eigenvalue weighted by Crippen LogP contribution is -2.14. The van der Waals surface area contributed by atoms with Crippen molar-refractivity contribution in [1.82, 2.24) is 4.98 Å². The van der Waals surface area contributed by atoms with Crippen molar-refractivity contribution in [1.29, 1.82) is 0 Å². The number of carbonyl (C=O) groups is 1. The van der Waals surface area contributed by atoms with E-state index in [-0.39, 0.29) is 17.4 Å². The Morgan fingerprint density at radius 1 is 1.09 bits per heavy atom. The van der Waals surface area contributed by atoms with E-state index in [1.807, 2.05) is 0 Å². The van der Waals surface area contributed by atoms with Gasteiger partial charge in [0.25, 0.3) is 5.91 Å². The van der Waals surface area contributed by atoms with Gasteiger partial charge in [-0.3, -0.25) is 4.79 Å². The molecule has 6 nitrogen and oxygen atoms in total. The van der Waals surface area contributed by atoms with Crippen LogP contribution in [0.1, 0.15) is 10.4 Å². The van der Waals surface area contributed by atoms with Crippen LogP contribution in [0.25, 0.3) is 0 Å². The molecule has 0 radical (unpaired) electrons. The number of amides is 1. The van der Waals surface area contributed by atoms with Crippen molar-refractivity contribution in [2.45, 2.75) is 0 Å². The highest BCUT2D eigenvalue weighted by Gasteiger charge is 2.15. The largest absolute Gasteiger partial charge is 0.495 e. The highest BCUT2D eigenvalue weighted by atomic mass is 35.5. The van der Waals surface area contributed by atoms with Crippen LogP contribution in [0.2, 0.25) is 5.02 Å². The highest BCUT2D eigenvalue weighted by molar-refractivity contribution is 6.32. The molecule has 1 aromatic carbocycles. The van der Waals surface area contributed by atoms with Crippen LogP contribution in [0.5, 0.6) is 17.5 Å². The van der Waals surface area contributed by atoms with Gasteiger partial charge in [0.1, 0.15) is 11.3 Å². The fourth-order valence-electron chi connectivity index (χ4n) is 1.81. The second kappa shape index (κ2) is 7.00. The number of halogens is 1. The Morgan fingerprint density at radius 3 is 2.45 bits per heavy atom. The van der Waals surface area contributed by atoms with Crippen LogP contribution >= 0.6 is 11.6 Å². The molecule has 0 atom stereocenters. The van der Waals surface area contributed by atoms with Crippen molar-refractivity contribution in [2.75, 3.05) is 26.6 Å². The number of nitrogens with zero attached hydrogens (tertiary/aromatic N) is 1. The molecule has 0 unspecified atom stereocenters. The summed E-state index contributed by atoms with van der Waals surface area (Å²) < 4.78 is 15.2. The van der Waals surface area contributed by atoms with Crippen molar-refractivity contribution in [3.8, 4) is 17.5 Å². The van der Waals surface area contributed by atoms with E-state index in [9.17, 15) is 4.79 Å². The number of hydrogen-bond acceptors (Lipinski definition) is 5. The van der Waals surface area contributed by atoms with Crippen LogP contribution in [0, 0.1) is 0 Å². The summed E-state index contributed by atoms with van der Waals surface area (Å²) in [5.41, 5.74) is 0.823. The third kappa shape index (κ3) is 3.40. The molecule has 0 bridgehead atoms. The lowest BCUT2D eigenvalue weighted by atomic mass is 10.2. The summed E-state index contributed by atoms with van der Waals surface area (Å²) in [6, 6.07) is 8.11. The summed E-state index contributed by atoms with van der Waals surface area (Å²) in [4.78, 5) is 16.4. The number of benzene rings is 1. The lowest BCUT2D eigenvalue weighted by Gasteiger charge is -2.10. The molecule has 1 aromatic heterocycles. The summed E-state index contributed by atoms with van der Waals surface area (Å²) in [5.74, 6) is 0.703. The number of anilines is 1. The van der Waals surface area contributed by atoms with Crippen LogP contribution in [-0.2, 0) is 0 Å². The topological polar surface area (TPSA) is 69.7 Å². The fourth-order valence-corrected chi connectivity index (χ4v) is 2.07. The Morgan fingerprint density at radius 2 is 1.86 bits per heavy atom. The van der Waals surface area contributed by atoms with Crippen LogP contribution in [0.3, 0.4) is 0 Å². The molecule has 116 valence electrons. The average Bonchev–Trinajstić information content (AvgIpc) is 2.54. The molecule has 0 saturated heterocycles. The molecule has 0 spiro atoms. The monoisotopic (exact) mass is 322 g/mol. The summed E-state index contributed by atoms with van der Waals surface area (Å²) >= 11 is 6.03. The summed E-state index contributed by atoms with van der Waals surface area (Å²) in [6.07, 6.45) is 0. The van der Waals surface area contributed by atoms with Gasteiger partial charge in [0, 0.05) is 11.8 Å². The first kappa shape index (κ1) is 15.9. The normalized spacial score (nSPS) is 10.0. The van der Waals surface area contributed by atoms with E-state index in [1.165, 1.54) is 21.3 Å². The molecule has 1 N–H and O–H groups in total. The third-order valence-corrected chi connectivity index (χ3v) is 3.19. The van der Waals surface area contributed by atoms with Gasteiger partial charge in [0.05, 0.1) is 26.4 Å². The zero-order valence-electron chi connectivity index (χ0n) is 12.3. The maximum absolute atomic E-state index is 12.3. The molecule has 2 rings (SSSR count). The van der Waals surface area contributed by atoms with Gasteiger partial charge >= 0.3 is 0 Å². The first-order chi connectivity index (χ1) is 10.6. The summed E-state index contributed by atoms with van der Waals surface area (Å²) in [6.45, 7) is 0. The number of hydrogen-bond donors (Lipinski definition) is 1. The van der Waals surface area contributed by atoms with E-state index < -0.39 is 0 Å². The molecule has 22 heavy (non-hydrogen) atoms. The third-order valence-electron chi connectivity index (χ3n) is 2.89. The fraction of sp³-hybridized carbons (Fsp3) is 0.200. The Kier molecular flexibility index (Phi) is 5.06. The predicted octanol–water partition coefficient (Wildman–Crippen LogP) is 3.01. The molecule has 2 aromatic rings. The van der Waals surface area contributed by atoms with Crippen molar-refractivity contribution in [3.63, 3.8) is 0 Å². The SMILES string of the molecule is COc1ccc(C(=O)Nc2ccc(OC)c(Cl)c2)c(OC)n1. The van der Waals surface area contributed by atoms with Crippen LogP contribution < -0.4 is 19.5 Å². The zero-order valence-corrected chi connectivity index (χ0v) is 13.1. The first-order valence-electron chi connectivity index (χ1n) is 6.33. The number of ether oxygens (including phenoxy) is 3. The smallest absolute Gasteiger partial charge is 0.261 e. The molecule has 0 fully saturated rings. The van der Waals surface area contributed by atoms with Gasteiger partial charge in [-0.05, 0) is 24.3 Å². The molecule has 0 saturated carbocycles. The minimum absolute atomic E-state index is 0.177. The van der Waals surface area contributed by atoms with Gasteiger partial charge < -0.3 is 19.5 Å². The lowest BCUT2D eigenvalue weighted by molar-refractivity contribution is 0.102. The van der Waals surface area contributed by atoms with E-state index in [4.69, 9.17) is 25.8 Å². The number of pyridine rings is 1. The molecule has 0 aliphatic carbocycles. The number of nitrogens with one attached hydrogen (secondary N) is 1. The summed E-state index contributed by atoms with van der Waals surface area (Å²) in [7, 11) is 4.44. The average molecular weight is 323 g/mol. The van der Waals surface area contributed by atoms with Gasteiger partial charge in [0.15, 0.2) is 0 Å². The van der Waals surface area contributed by atoms with Crippen LogP contribution in [0.4, 0.5) is 5.69 Å². The standard InChI is InChI=1S/C15H15ClN2O4/c1-20-12-6-4-9(8-11(12)16)17-14(19)10-5-7-13(21-2)18-15(10)22-3/h4-8H,1-3H3,(H,17,19). The second-order valence-electron chi connectivity index (χ2n) is 4.21. The molecule has 0 aliphatic heterocycles. The molecule has 7 heteroatoms. The molecule has 0 aliphatic rings. The Balaban J connectivity index is 2.23. The number of rotatable bonds is 5. The maximum Gasteiger partial charge on any atom is 0.261 e. The van der Waals surface area contributed by atoms with Gasteiger partial charge in [0.2, 0.25) is 11.8 Å². The Hall–Kier alpha value is -2.47. The molecular weight excluding hydrogens is 308 g/mol. The van der Waals surface area contributed by atoms with Crippen LogP contribution in [0.15, 0.2) is 30.3 Å². The van der Waals surface area contributed by atoms with Gasteiger partial charge in [-0.1, -0.05) is 11.6 Å². The van der Waals surface area contributed by atoms with Crippen molar-refractivity contribution in [3.05, 3.63) is 40.9 Å². The minimum atomic E-state index is -0.367. The van der Waals surface area contributed by atoms with Gasteiger partial charge in [-0.15, -0.1) is 0 Å². The van der Waals surface area contributed by atoms with E-state index in [0.29, 0.717) is 22.3 Å². The number of methoxy groups -OCH3 is 3. The van der Waals surface area contributed by atoms with Gasteiger partial charge in [-0.25, -0.2) is 0 Å². The Bertz CT molecular complexity index is 691. The van der Waals surface area contributed by atoms with E-state index in [0.717, 1.165) is 0 Å². The first-order valence-corrected chi connectivity index (χ1v) is 6.70. The zero-order chi connectivity index (χ0) is 16.1. The predicted molar refractivity (Wildman–Crippen MR) is 83.3 cm³/mol. The van der Waals surface area contributed by atoms with E-state index in [2.05, 4.69) is 10.3 Å².